The van der Waals surface area contributed by atoms with Gasteiger partial charge in [0, 0.05) is 18.2 Å². The number of nitrogens with zero attached hydrogens (tertiary/aromatic N) is 1. The molecule has 2 unspecified atom stereocenters. The van der Waals surface area contributed by atoms with Gasteiger partial charge in [-0.15, -0.1) is 0 Å². The van der Waals surface area contributed by atoms with E-state index in [9.17, 15) is 14.7 Å². The number of carbonyl (C=O) groups is 2. The van der Waals surface area contributed by atoms with Gasteiger partial charge in [-0.3, -0.25) is 9.59 Å². The van der Waals surface area contributed by atoms with Crippen molar-refractivity contribution in [2.24, 2.45) is 5.92 Å². The van der Waals surface area contributed by atoms with Gasteiger partial charge in [0.15, 0.2) is 17.2 Å². The van der Waals surface area contributed by atoms with Crippen molar-refractivity contribution < 1.29 is 24.2 Å². The third-order valence-electron chi connectivity index (χ3n) is 5.04. The zero-order chi connectivity index (χ0) is 22.4. The first-order valence-corrected chi connectivity index (χ1v) is 9.92. The van der Waals surface area contributed by atoms with Gasteiger partial charge in [0.05, 0.1) is 7.11 Å². The van der Waals surface area contributed by atoms with E-state index in [0.717, 1.165) is 11.1 Å². The second kappa shape index (κ2) is 10.1. The van der Waals surface area contributed by atoms with E-state index in [0.29, 0.717) is 0 Å². The molecule has 1 heterocycles. The van der Waals surface area contributed by atoms with Crippen molar-refractivity contribution in [3.63, 3.8) is 0 Å². The summed E-state index contributed by atoms with van der Waals surface area (Å²) in [5.41, 5.74) is 3.26. The van der Waals surface area contributed by atoms with E-state index in [1.54, 1.807) is 0 Å². The van der Waals surface area contributed by atoms with Crippen molar-refractivity contribution in [3.05, 3.63) is 52.8 Å². The minimum Gasteiger partial charge on any atom is -0.503 e. The second-order valence-electron chi connectivity index (χ2n) is 7.72. The minimum absolute atomic E-state index is 0.0225. The Morgan fingerprint density at radius 2 is 1.87 bits per heavy atom. The molecule has 7 nitrogen and oxygen atoms in total. The summed E-state index contributed by atoms with van der Waals surface area (Å²) in [6.45, 7) is 9.81. The van der Waals surface area contributed by atoms with Crippen LogP contribution in [-0.4, -0.2) is 41.7 Å². The Hall–Kier alpha value is -3.09. The number of pyridine rings is 1. The number of hydrogen-bond donors (Lipinski definition) is 2. The molecular formula is C23H30N2O5. The molecule has 1 aromatic carbocycles. The molecule has 0 spiro atoms. The maximum Gasteiger partial charge on any atom is 0.325 e. The number of hydrogen-bond acceptors (Lipinski definition) is 6. The maximum atomic E-state index is 12.4. The fourth-order valence-electron chi connectivity index (χ4n) is 3.68. The number of rotatable bonds is 8. The molecule has 0 saturated carbocycles. The van der Waals surface area contributed by atoms with Crippen LogP contribution in [0, 0.1) is 19.8 Å². The number of nitrogens with one attached hydrogen (secondary N) is 1. The van der Waals surface area contributed by atoms with Gasteiger partial charge in [0.25, 0.3) is 5.91 Å². The lowest BCUT2D eigenvalue weighted by Gasteiger charge is -2.29. The maximum absolute atomic E-state index is 12.4. The molecule has 2 atom stereocenters. The van der Waals surface area contributed by atoms with Crippen LogP contribution in [0.2, 0.25) is 0 Å². The van der Waals surface area contributed by atoms with E-state index in [4.69, 9.17) is 9.47 Å². The Morgan fingerprint density at radius 1 is 1.17 bits per heavy atom. The van der Waals surface area contributed by atoms with Crippen LogP contribution in [0.5, 0.6) is 11.5 Å². The summed E-state index contributed by atoms with van der Waals surface area (Å²) in [4.78, 5) is 28.5. The van der Waals surface area contributed by atoms with Crippen LogP contribution in [0.1, 0.15) is 53.9 Å². The van der Waals surface area contributed by atoms with Gasteiger partial charge in [0.2, 0.25) is 0 Å². The highest BCUT2D eigenvalue weighted by atomic mass is 16.5. The van der Waals surface area contributed by atoms with Crippen LogP contribution in [-0.2, 0) is 9.53 Å². The number of carbonyl (C=O) groups excluding carboxylic acids is 2. The summed E-state index contributed by atoms with van der Waals surface area (Å²) in [5.74, 6) is -1.23. The fraction of sp³-hybridized carbons (Fsp3) is 0.435. The van der Waals surface area contributed by atoms with Crippen molar-refractivity contribution in [2.75, 3.05) is 13.7 Å². The van der Waals surface area contributed by atoms with Crippen molar-refractivity contribution in [1.29, 1.82) is 0 Å². The third kappa shape index (κ3) is 5.49. The first-order valence-electron chi connectivity index (χ1n) is 9.92. The average Bonchev–Trinajstić information content (AvgIpc) is 2.68. The fourth-order valence-corrected chi connectivity index (χ4v) is 3.68. The first-order chi connectivity index (χ1) is 14.1. The highest BCUT2D eigenvalue weighted by Gasteiger charge is 2.27. The standard InChI is InChI=1S/C23H30N2O5/c1-13(2)20(17-8-7-14(3)11-15(17)4)16(5)30-19(26)12-25-23(28)21-22(27)18(29-6)9-10-24-21/h7-11,13,16,20,27H,12H2,1-6H3,(H,25,28). The number of methoxy groups -OCH3 is 1. The normalized spacial score (nSPS) is 12.9. The number of aryl methyl sites for hydroxylation is 2. The van der Waals surface area contributed by atoms with Gasteiger partial charge < -0.3 is 19.9 Å². The van der Waals surface area contributed by atoms with E-state index in [2.05, 4.69) is 49.3 Å². The smallest absolute Gasteiger partial charge is 0.325 e. The Morgan fingerprint density at radius 3 is 2.47 bits per heavy atom. The molecule has 2 aromatic rings. The summed E-state index contributed by atoms with van der Waals surface area (Å²) >= 11 is 0. The highest BCUT2D eigenvalue weighted by Crippen LogP contribution is 2.32. The molecule has 0 bridgehead atoms. The summed E-state index contributed by atoms with van der Waals surface area (Å²) in [6.07, 6.45) is 0.963. The Kier molecular flexibility index (Phi) is 7.80. The van der Waals surface area contributed by atoms with Gasteiger partial charge in [0.1, 0.15) is 12.6 Å². The Balaban J connectivity index is 2.03. The molecule has 0 aliphatic heterocycles. The topological polar surface area (TPSA) is 97.8 Å². The number of esters is 1. The monoisotopic (exact) mass is 414 g/mol. The summed E-state index contributed by atoms with van der Waals surface area (Å²) in [7, 11) is 1.37. The lowest BCUT2D eigenvalue weighted by atomic mass is 9.82. The summed E-state index contributed by atoms with van der Waals surface area (Å²) < 4.78 is 10.6. The molecule has 1 amide bonds. The van der Waals surface area contributed by atoms with E-state index < -0.39 is 11.9 Å². The van der Waals surface area contributed by atoms with Crippen LogP contribution in [0.4, 0.5) is 0 Å². The van der Waals surface area contributed by atoms with E-state index >= 15 is 0 Å². The molecule has 0 radical (unpaired) electrons. The number of ether oxygens (including phenoxy) is 2. The lowest BCUT2D eigenvalue weighted by Crippen LogP contribution is -2.34. The SMILES string of the molecule is COc1ccnc(C(=O)NCC(=O)OC(C)C(c2ccc(C)cc2C)C(C)C)c1O. The van der Waals surface area contributed by atoms with Gasteiger partial charge in [-0.1, -0.05) is 37.6 Å². The molecule has 0 fully saturated rings. The van der Waals surface area contributed by atoms with Gasteiger partial charge in [-0.05, 0) is 37.8 Å². The van der Waals surface area contributed by atoms with Crippen LogP contribution >= 0.6 is 0 Å². The minimum atomic E-state index is -0.689. The molecule has 2 N–H and O–H groups in total. The Bertz CT molecular complexity index is 910. The quantitative estimate of drug-likeness (QED) is 0.642. The van der Waals surface area contributed by atoms with Crippen molar-refractivity contribution in [1.82, 2.24) is 10.3 Å². The van der Waals surface area contributed by atoms with Gasteiger partial charge in [-0.25, -0.2) is 4.98 Å². The first kappa shape index (κ1) is 23.2. The second-order valence-corrected chi connectivity index (χ2v) is 7.72. The van der Waals surface area contributed by atoms with Gasteiger partial charge in [-0.2, -0.15) is 0 Å². The third-order valence-corrected chi connectivity index (χ3v) is 5.04. The zero-order valence-electron chi connectivity index (χ0n) is 18.4. The predicted octanol–water partition coefficient (Wildman–Crippen LogP) is 3.51. The molecule has 30 heavy (non-hydrogen) atoms. The predicted molar refractivity (Wildman–Crippen MR) is 114 cm³/mol. The van der Waals surface area contributed by atoms with E-state index in [1.165, 1.54) is 24.9 Å². The van der Waals surface area contributed by atoms with Gasteiger partial charge >= 0.3 is 5.97 Å². The van der Waals surface area contributed by atoms with E-state index in [-0.39, 0.29) is 41.7 Å². The molecule has 2 rings (SSSR count). The summed E-state index contributed by atoms with van der Waals surface area (Å²) in [5, 5.41) is 12.4. The highest BCUT2D eigenvalue weighted by molar-refractivity contribution is 5.97. The van der Waals surface area contributed by atoms with Crippen molar-refractivity contribution in [3.8, 4) is 11.5 Å². The molecule has 0 aliphatic carbocycles. The Labute approximate surface area is 177 Å². The largest absolute Gasteiger partial charge is 0.503 e. The summed E-state index contributed by atoms with van der Waals surface area (Å²) in [6, 6.07) is 7.69. The van der Waals surface area contributed by atoms with Crippen LogP contribution < -0.4 is 10.1 Å². The lowest BCUT2D eigenvalue weighted by molar-refractivity contribution is -0.148. The number of aromatic hydroxyl groups is 1. The number of benzene rings is 1. The number of aromatic nitrogens is 1. The molecule has 7 heteroatoms. The average molecular weight is 415 g/mol. The van der Waals surface area contributed by atoms with Crippen molar-refractivity contribution in [2.45, 2.75) is 46.6 Å². The zero-order valence-corrected chi connectivity index (χ0v) is 18.4. The molecule has 1 aromatic heterocycles. The molecule has 0 aliphatic rings. The molecular weight excluding hydrogens is 384 g/mol. The van der Waals surface area contributed by atoms with Crippen LogP contribution in [0.25, 0.3) is 0 Å². The van der Waals surface area contributed by atoms with Crippen LogP contribution in [0.3, 0.4) is 0 Å². The van der Waals surface area contributed by atoms with E-state index in [1.807, 2.05) is 13.8 Å². The number of amides is 1. The van der Waals surface area contributed by atoms with Crippen molar-refractivity contribution >= 4 is 11.9 Å². The molecule has 0 saturated heterocycles. The van der Waals surface area contributed by atoms with Crippen LogP contribution in [0.15, 0.2) is 30.5 Å². The molecule has 162 valence electrons.